The van der Waals surface area contributed by atoms with Gasteiger partial charge in [-0.15, -0.1) is 0 Å². The summed E-state index contributed by atoms with van der Waals surface area (Å²) in [5.41, 5.74) is 0. The molecule has 98 valence electrons. The summed E-state index contributed by atoms with van der Waals surface area (Å²) in [6.45, 7) is 2.94. The number of carboxylic acids is 1. The summed E-state index contributed by atoms with van der Waals surface area (Å²) < 4.78 is 5.05. The van der Waals surface area contributed by atoms with E-state index in [0.29, 0.717) is 24.9 Å². The van der Waals surface area contributed by atoms with Crippen LogP contribution in [0.1, 0.15) is 0 Å². The van der Waals surface area contributed by atoms with Gasteiger partial charge in [-0.3, -0.25) is 9.69 Å². The Hall–Kier alpha value is -1.89. The molecule has 7 nitrogen and oxygen atoms in total. The van der Waals surface area contributed by atoms with Crippen molar-refractivity contribution in [2.24, 2.45) is 0 Å². The summed E-state index contributed by atoms with van der Waals surface area (Å²) in [7, 11) is 1.57. The maximum Gasteiger partial charge on any atom is 0.317 e. The number of hydrogen-bond acceptors (Lipinski definition) is 6. The summed E-state index contributed by atoms with van der Waals surface area (Å²) in [5.74, 6) is 0.373. The molecule has 0 radical (unpaired) electrons. The molecule has 0 spiro atoms. The predicted molar refractivity (Wildman–Crippen MR) is 64.9 cm³/mol. The van der Waals surface area contributed by atoms with Crippen LogP contribution in [-0.4, -0.2) is 65.8 Å². The molecule has 0 bridgehead atoms. The fraction of sp³-hybridized carbons (Fsp3) is 0.545. The molecule has 1 aliphatic heterocycles. The number of aromatic nitrogens is 2. The highest BCUT2D eigenvalue weighted by molar-refractivity contribution is 5.69. The van der Waals surface area contributed by atoms with Gasteiger partial charge >= 0.3 is 5.97 Å². The second kappa shape index (κ2) is 5.63. The van der Waals surface area contributed by atoms with Crippen molar-refractivity contribution in [1.82, 2.24) is 14.9 Å². The van der Waals surface area contributed by atoms with E-state index in [2.05, 4.69) is 9.97 Å². The zero-order valence-electron chi connectivity index (χ0n) is 10.2. The Kier molecular flexibility index (Phi) is 3.93. The van der Waals surface area contributed by atoms with Crippen LogP contribution in [-0.2, 0) is 4.79 Å². The van der Waals surface area contributed by atoms with Crippen molar-refractivity contribution < 1.29 is 14.6 Å². The smallest absolute Gasteiger partial charge is 0.317 e. The van der Waals surface area contributed by atoms with Gasteiger partial charge in [-0.05, 0) is 0 Å². The molecule has 0 aromatic carbocycles. The van der Waals surface area contributed by atoms with Crippen molar-refractivity contribution in [2.75, 3.05) is 44.7 Å². The summed E-state index contributed by atoms with van der Waals surface area (Å²) in [4.78, 5) is 23.0. The van der Waals surface area contributed by atoms with Crippen LogP contribution < -0.4 is 9.64 Å². The van der Waals surface area contributed by atoms with Gasteiger partial charge in [0.05, 0.1) is 13.7 Å². The monoisotopic (exact) mass is 252 g/mol. The summed E-state index contributed by atoms with van der Waals surface area (Å²) in [6.07, 6.45) is 1.66. The van der Waals surface area contributed by atoms with Crippen LogP contribution in [0.2, 0.25) is 0 Å². The van der Waals surface area contributed by atoms with E-state index in [1.165, 1.54) is 0 Å². The van der Waals surface area contributed by atoms with Crippen LogP contribution >= 0.6 is 0 Å². The fourth-order valence-electron chi connectivity index (χ4n) is 1.90. The molecule has 0 saturated carbocycles. The van der Waals surface area contributed by atoms with Crippen molar-refractivity contribution in [3.63, 3.8) is 0 Å². The lowest BCUT2D eigenvalue weighted by molar-refractivity contribution is -0.138. The van der Waals surface area contributed by atoms with Crippen molar-refractivity contribution in [1.29, 1.82) is 0 Å². The Morgan fingerprint density at radius 2 is 2.17 bits per heavy atom. The van der Waals surface area contributed by atoms with Crippen molar-refractivity contribution in [2.45, 2.75) is 0 Å². The summed E-state index contributed by atoms with van der Waals surface area (Å²) in [5, 5.41) is 8.72. The van der Waals surface area contributed by atoms with Gasteiger partial charge in [-0.1, -0.05) is 0 Å². The Morgan fingerprint density at radius 1 is 1.44 bits per heavy atom. The lowest BCUT2D eigenvalue weighted by atomic mass is 10.3. The predicted octanol–water partition coefficient (Wildman–Crippen LogP) is -0.308. The number of aliphatic carboxylic acids is 1. The molecule has 2 rings (SSSR count). The quantitative estimate of drug-likeness (QED) is 0.787. The highest BCUT2D eigenvalue weighted by atomic mass is 16.5. The van der Waals surface area contributed by atoms with Crippen LogP contribution in [0.15, 0.2) is 12.3 Å². The lowest BCUT2D eigenvalue weighted by Gasteiger charge is -2.33. The maximum absolute atomic E-state index is 10.6. The average molecular weight is 252 g/mol. The summed E-state index contributed by atoms with van der Waals surface area (Å²) in [6, 6.07) is 1.70. The normalized spacial score (nSPS) is 16.6. The highest BCUT2D eigenvalue weighted by Crippen LogP contribution is 2.14. The first kappa shape index (κ1) is 12.6. The first-order valence-corrected chi connectivity index (χ1v) is 5.75. The standard InChI is InChI=1S/C11H16N4O3/c1-18-9-2-3-12-11(13-9)15-6-4-14(5-7-15)8-10(16)17/h2-3H,4-8H2,1H3,(H,16,17). The molecule has 0 aliphatic carbocycles. The highest BCUT2D eigenvalue weighted by Gasteiger charge is 2.20. The number of piperazine rings is 1. The van der Waals surface area contributed by atoms with Crippen LogP contribution in [0.25, 0.3) is 0 Å². The van der Waals surface area contributed by atoms with E-state index in [4.69, 9.17) is 9.84 Å². The largest absolute Gasteiger partial charge is 0.481 e. The maximum atomic E-state index is 10.6. The Balaban J connectivity index is 1.94. The topological polar surface area (TPSA) is 78.8 Å². The van der Waals surface area contributed by atoms with Gasteiger partial charge in [-0.25, -0.2) is 4.98 Å². The van der Waals surface area contributed by atoms with E-state index < -0.39 is 5.97 Å². The molecular weight excluding hydrogens is 236 g/mol. The van der Waals surface area contributed by atoms with E-state index >= 15 is 0 Å². The number of carbonyl (C=O) groups is 1. The van der Waals surface area contributed by atoms with Gasteiger partial charge in [0.2, 0.25) is 11.8 Å². The number of nitrogens with zero attached hydrogens (tertiary/aromatic N) is 4. The Labute approximate surface area is 105 Å². The first-order chi connectivity index (χ1) is 8.69. The van der Waals surface area contributed by atoms with Crippen molar-refractivity contribution in [3.8, 4) is 5.88 Å². The van der Waals surface area contributed by atoms with Gasteiger partial charge in [0.1, 0.15) is 0 Å². The van der Waals surface area contributed by atoms with Crippen LogP contribution in [0.4, 0.5) is 5.95 Å². The lowest BCUT2D eigenvalue weighted by Crippen LogP contribution is -2.48. The molecule has 1 aliphatic rings. The molecule has 1 aromatic rings. The van der Waals surface area contributed by atoms with Crippen LogP contribution in [0.5, 0.6) is 5.88 Å². The fourth-order valence-corrected chi connectivity index (χ4v) is 1.90. The Morgan fingerprint density at radius 3 is 2.78 bits per heavy atom. The number of rotatable bonds is 4. The van der Waals surface area contributed by atoms with Gasteiger partial charge in [0.25, 0.3) is 0 Å². The molecule has 2 heterocycles. The van der Waals surface area contributed by atoms with E-state index in [1.807, 2.05) is 9.80 Å². The molecule has 1 aromatic heterocycles. The van der Waals surface area contributed by atoms with E-state index in [1.54, 1.807) is 19.4 Å². The molecule has 1 fully saturated rings. The molecule has 1 saturated heterocycles. The van der Waals surface area contributed by atoms with E-state index in [9.17, 15) is 4.79 Å². The average Bonchev–Trinajstić information content (AvgIpc) is 2.39. The third-order valence-corrected chi connectivity index (χ3v) is 2.84. The molecule has 0 amide bonds. The molecule has 18 heavy (non-hydrogen) atoms. The van der Waals surface area contributed by atoms with E-state index in [0.717, 1.165) is 13.1 Å². The number of ether oxygens (including phenoxy) is 1. The van der Waals surface area contributed by atoms with Crippen molar-refractivity contribution in [3.05, 3.63) is 12.3 Å². The molecule has 0 atom stereocenters. The minimum absolute atomic E-state index is 0.0901. The van der Waals surface area contributed by atoms with Gasteiger partial charge in [0, 0.05) is 38.4 Å². The summed E-state index contributed by atoms with van der Waals surface area (Å²) >= 11 is 0. The minimum Gasteiger partial charge on any atom is -0.481 e. The van der Waals surface area contributed by atoms with Crippen LogP contribution in [0.3, 0.4) is 0 Å². The number of anilines is 1. The molecule has 1 N–H and O–H groups in total. The van der Waals surface area contributed by atoms with Gasteiger partial charge in [-0.2, -0.15) is 4.98 Å². The van der Waals surface area contributed by atoms with E-state index in [-0.39, 0.29) is 6.54 Å². The number of carboxylic acid groups (broad SMARTS) is 1. The number of methoxy groups -OCH3 is 1. The first-order valence-electron chi connectivity index (χ1n) is 5.75. The minimum atomic E-state index is -0.791. The zero-order valence-corrected chi connectivity index (χ0v) is 10.2. The van der Waals surface area contributed by atoms with Crippen LogP contribution in [0, 0.1) is 0 Å². The number of hydrogen-bond donors (Lipinski definition) is 1. The SMILES string of the molecule is COc1ccnc(N2CCN(CC(=O)O)CC2)n1. The third-order valence-electron chi connectivity index (χ3n) is 2.84. The molecule has 7 heteroatoms. The van der Waals surface area contributed by atoms with Gasteiger partial charge < -0.3 is 14.7 Å². The second-order valence-corrected chi connectivity index (χ2v) is 4.06. The van der Waals surface area contributed by atoms with Gasteiger partial charge in [0.15, 0.2) is 0 Å². The Bertz CT molecular complexity index is 419. The second-order valence-electron chi connectivity index (χ2n) is 4.06. The third kappa shape index (κ3) is 3.07. The zero-order chi connectivity index (χ0) is 13.0. The van der Waals surface area contributed by atoms with Crippen molar-refractivity contribution >= 4 is 11.9 Å². The molecular formula is C11H16N4O3. The molecule has 0 unspecified atom stereocenters.